The van der Waals surface area contributed by atoms with Gasteiger partial charge in [-0.2, -0.15) is 13.2 Å². The lowest BCUT2D eigenvalue weighted by molar-refractivity contribution is -0.271. The van der Waals surface area contributed by atoms with Crippen LogP contribution in [0.1, 0.15) is 12.8 Å². The number of halogens is 3. The minimum atomic E-state index is -4.70. The van der Waals surface area contributed by atoms with Gasteiger partial charge in [-0.15, -0.1) is 6.42 Å². The van der Waals surface area contributed by atoms with Crippen LogP contribution in [-0.4, -0.2) is 47.5 Å². The number of terminal acetylenes is 1. The highest BCUT2D eigenvalue weighted by molar-refractivity contribution is 5.89. The average Bonchev–Trinajstić information content (AvgIpc) is 2.53. The first kappa shape index (κ1) is 17.9. The fourth-order valence-corrected chi connectivity index (χ4v) is 2.35. The number of alkyl halides is 3. The average molecular weight is 342 g/mol. The molecule has 2 N–H and O–H groups in total. The number of benzene rings is 1. The Morgan fingerprint density at radius 3 is 2.67 bits per heavy atom. The first-order chi connectivity index (χ1) is 11.2. The minimum absolute atomic E-state index is 0.0829. The molecule has 8 heteroatoms. The number of nitrogens with zero attached hydrogens (tertiary/aromatic N) is 1. The van der Waals surface area contributed by atoms with Gasteiger partial charge < -0.3 is 20.1 Å². The zero-order valence-corrected chi connectivity index (χ0v) is 12.8. The van der Waals surface area contributed by atoms with Crippen LogP contribution in [0.25, 0.3) is 0 Å². The van der Waals surface area contributed by atoms with E-state index in [0.717, 1.165) is 0 Å². The van der Waals surface area contributed by atoms with Gasteiger partial charge in [0.1, 0.15) is 12.4 Å². The second-order valence-corrected chi connectivity index (χ2v) is 5.47. The largest absolute Gasteiger partial charge is 0.481 e. The van der Waals surface area contributed by atoms with E-state index in [-0.39, 0.29) is 19.7 Å². The highest BCUT2D eigenvalue weighted by atomic mass is 19.4. The second-order valence-electron chi connectivity index (χ2n) is 5.47. The number of carbonyl (C=O) groups is 1. The van der Waals surface area contributed by atoms with Crippen LogP contribution in [-0.2, 0) is 0 Å². The lowest BCUT2D eigenvalue weighted by Crippen LogP contribution is -2.55. The van der Waals surface area contributed by atoms with Crippen LogP contribution in [0.15, 0.2) is 24.3 Å². The lowest BCUT2D eigenvalue weighted by Gasteiger charge is -2.38. The Balaban J connectivity index is 1.94. The number of urea groups is 1. The van der Waals surface area contributed by atoms with Crippen molar-refractivity contribution in [3.63, 3.8) is 0 Å². The number of nitrogens with one attached hydrogen (secondary N) is 1. The van der Waals surface area contributed by atoms with Gasteiger partial charge in [0.05, 0.1) is 0 Å². The van der Waals surface area contributed by atoms with E-state index in [4.69, 9.17) is 11.2 Å². The predicted molar refractivity (Wildman–Crippen MR) is 81.6 cm³/mol. The molecule has 0 aliphatic carbocycles. The summed E-state index contributed by atoms with van der Waals surface area (Å²) in [6.07, 6.45) is -0.696. The van der Waals surface area contributed by atoms with Gasteiger partial charge in [0.15, 0.2) is 5.60 Å². The Labute approximate surface area is 137 Å². The van der Waals surface area contributed by atoms with Crippen LogP contribution in [0.3, 0.4) is 0 Å². The molecule has 1 aliphatic heterocycles. The number of hydrogen-bond acceptors (Lipinski definition) is 3. The van der Waals surface area contributed by atoms with Crippen LogP contribution < -0.4 is 10.1 Å². The standard InChI is InChI=1S/C16H17F3N2O3/c1-2-10-24-13-5-3-4-12(11-13)20-14(22)21-8-6-15(23,7-9-21)16(17,18)19/h1,3-5,11,23H,6-10H2,(H,20,22). The molecule has 1 heterocycles. The molecule has 0 unspecified atom stereocenters. The fourth-order valence-electron chi connectivity index (χ4n) is 2.35. The van der Waals surface area contributed by atoms with E-state index in [9.17, 15) is 23.1 Å². The van der Waals surface area contributed by atoms with E-state index >= 15 is 0 Å². The van der Waals surface area contributed by atoms with Crippen molar-refractivity contribution in [3.8, 4) is 18.1 Å². The third kappa shape index (κ3) is 4.11. The molecule has 0 atom stereocenters. The quantitative estimate of drug-likeness (QED) is 0.830. The molecule has 0 saturated carbocycles. The molecule has 1 fully saturated rings. The number of amides is 2. The Kier molecular flexibility index (Phi) is 5.24. The molecule has 1 saturated heterocycles. The summed E-state index contributed by atoms with van der Waals surface area (Å²) >= 11 is 0. The number of anilines is 1. The van der Waals surface area contributed by atoms with Gasteiger partial charge >= 0.3 is 12.2 Å². The second kappa shape index (κ2) is 7.01. The van der Waals surface area contributed by atoms with E-state index in [1.54, 1.807) is 24.3 Å². The third-order valence-corrected chi connectivity index (χ3v) is 3.81. The van der Waals surface area contributed by atoms with Crippen molar-refractivity contribution >= 4 is 11.7 Å². The maximum absolute atomic E-state index is 12.7. The van der Waals surface area contributed by atoms with Crippen LogP contribution in [0, 0.1) is 12.3 Å². The number of likely N-dealkylation sites (tertiary alicyclic amines) is 1. The lowest BCUT2D eigenvalue weighted by atomic mass is 9.91. The van der Waals surface area contributed by atoms with Crippen molar-refractivity contribution in [1.29, 1.82) is 0 Å². The molecule has 0 aromatic heterocycles. The van der Waals surface area contributed by atoms with Crippen molar-refractivity contribution < 1.29 is 27.8 Å². The Morgan fingerprint density at radius 1 is 1.42 bits per heavy atom. The van der Waals surface area contributed by atoms with E-state index in [0.29, 0.717) is 11.4 Å². The number of rotatable bonds is 3. The van der Waals surface area contributed by atoms with Crippen molar-refractivity contribution in [2.45, 2.75) is 24.6 Å². The summed E-state index contributed by atoms with van der Waals surface area (Å²) in [7, 11) is 0. The molecule has 0 bridgehead atoms. The van der Waals surface area contributed by atoms with Gasteiger partial charge in [0.25, 0.3) is 0 Å². The zero-order valence-electron chi connectivity index (χ0n) is 12.8. The van der Waals surface area contributed by atoms with E-state index in [1.165, 1.54) is 4.90 Å². The Bertz CT molecular complexity index is 632. The smallest absolute Gasteiger partial charge is 0.417 e. The molecular weight excluding hydrogens is 325 g/mol. The van der Waals surface area contributed by atoms with Crippen molar-refractivity contribution in [2.75, 3.05) is 25.0 Å². The summed E-state index contributed by atoms with van der Waals surface area (Å²) in [6, 6.07) is 5.97. The summed E-state index contributed by atoms with van der Waals surface area (Å²) < 4.78 is 43.5. The van der Waals surface area contributed by atoms with Gasteiger partial charge in [-0.3, -0.25) is 0 Å². The minimum Gasteiger partial charge on any atom is -0.481 e. The fraction of sp³-hybridized carbons (Fsp3) is 0.438. The molecule has 0 radical (unpaired) electrons. The first-order valence-electron chi connectivity index (χ1n) is 7.26. The summed E-state index contributed by atoms with van der Waals surface area (Å²) in [5.41, 5.74) is -2.29. The van der Waals surface area contributed by atoms with E-state index in [2.05, 4.69) is 11.2 Å². The maximum atomic E-state index is 12.7. The number of aliphatic hydroxyl groups is 1. The molecule has 0 spiro atoms. The molecule has 130 valence electrons. The van der Waals surface area contributed by atoms with Crippen LogP contribution in [0.5, 0.6) is 5.75 Å². The third-order valence-electron chi connectivity index (χ3n) is 3.81. The van der Waals surface area contributed by atoms with Crippen molar-refractivity contribution in [3.05, 3.63) is 24.3 Å². The van der Waals surface area contributed by atoms with Crippen LogP contribution >= 0.6 is 0 Å². The monoisotopic (exact) mass is 342 g/mol. The van der Waals surface area contributed by atoms with Crippen molar-refractivity contribution in [2.24, 2.45) is 0 Å². The Hall–Kier alpha value is -2.40. The van der Waals surface area contributed by atoms with E-state index < -0.39 is 30.7 Å². The van der Waals surface area contributed by atoms with Gasteiger partial charge in [-0.05, 0) is 12.1 Å². The molecule has 24 heavy (non-hydrogen) atoms. The van der Waals surface area contributed by atoms with Gasteiger partial charge in [0, 0.05) is 37.7 Å². The highest BCUT2D eigenvalue weighted by Gasteiger charge is 2.54. The van der Waals surface area contributed by atoms with Gasteiger partial charge in [-0.1, -0.05) is 12.0 Å². The topological polar surface area (TPSA) is 61.8 Å². The summed E-state index contributed by atoms with van der Waals surface area (Å²) in [6.45, 7) is -0.288. The summed E-state index contributed by atoms with van der Waals surface area (Å²) in [5.74, 6) is 2.78. The number of ether oxygens (including phenoxy) is 1. The first-order valence-corrected chi connectivity index (χ1v) is 7.26. The normalized spacial score (nSPS) is 17.0. The number of hydrogen-bond donors (Lipinski definition) is 2. The molecule has 5 nitrogen and oxygen atoms in total. The van der Waals surface area contributed by atoms with Crippen LogP contribution in [0.4, 0.5) is 23.7 Å². The Morgan fingerprint density at radius 2 is 2.08 bits per heavy atom. The molecule has 1 aromatic rings. The number of carbonyl (C=O) groups excluding carboxylic acids is 1. The number of piperidine rings is 1. The summed E-state index contributed by atoms with van der Waals surface area (Å²) in [4.78, 5) is 13.4. The van der Waals surface area contributed by atoms with Gasteiger partial charge in [-0.25, -0.2) is 4.79 Å². The zero-order chi connectivity index (χ0) is 17.8. The molecule has 2 rings (SSSR count). The van der Waals surface area contributed by atoms with Crippen LogP contribution in [0.2, 0.25) is 0 Å². The highest BCUT2D eigenvalue weighted by Crippen LogP contribution is 2.38. The molecular formula is C16H17F3N2O3. The predicted octanol–water partition coefficient (Wildman–Crippen LogP) is 2.62. The molecule has 2 amide bonds. The molecule has 1 aromatic carbocycles. The van der Waals surface area contributed by atoms with Crippen molar-refractivity contribution in [1.82, 2.24) is 4.90 Å². The molecule has 1 aliphatic rings. The maximum Gasteiger partial charge on any atom is 0.417 e. The SMILES string of the molecule is C#CCOc1cccc(NC(=O)N2CCC(O)(C(F)(F)F)CC2)c1. The van der Waals surface area contributed by atoms with E-state index in [1.807, 2.05) is 0 Å². The summed E-state index contributed by atoms with van der Waals surface area (Å²) in [5, 5.41) is 12.2. The van der Waals surface area contributed by atoms with Gasteiger partial charge in [0.2, 0.25) is 0 Å².